The quantitative estimate of drug-likeness (QED) is 0.815. The zero-order valence-corrected chi connectivity index (χ0v) is 9.73. The predicted octanol–water partition coefficient (Wildman–Crippen LogP) is 2.21. The lowest BCUT2D eigenvalue weighted by Gasteiger charge is -2.35. The number of hydrogen-bond acceptors (Lipinski definition) is 2. The molecule has 0 spiro atoms. The Bertz CT molecular complexity index is 317. The van der Waals surface area contributed by atoms with Crippen molar-refractivity contribution in [3.05, 3.63) is 35.9 Å². The molecule has 1 aromatic carbocycles. The maximum Gasteiger partial charge on any atom is 0.0446 e. The zero-order valence-electron chi connectivity index (χ0n) is 9.73. The van der Waals surface area contributed by atoms with Crippen LogP contribution in [0.2, 0.25) is 0 Å². The van der Waals surface area contributed by atoms with E-state index in [-0.39, 0.29) is 18.1 Å². The maximum atomic E-state index is 9.08. The second-order valence-corrected chi connectivity index (χ2v) is 4.85. The number of aliphatic hydroxyl groups is 1. The van der Waals surface area contributed by atoms with E-state index in [1.165, 1.54) is 18.4 Å². The van der Waals surface area contributed by atoms with Crippen LogP contribution in [0.5, 0.6) is 0 Å². The van der Waals surface area contributed by atoms with Gasteiger partial charge in [-0.05, 0) is 24.8 Å². The van der Waals surface area contributed by atoms with E-state index in [4.69, 9.17) is 10.8 Å². The van der Waals surface area contributed by atoms with E-state index in [0.717, 1.165) is 12.8 Å². The molecule has 1 saturated carbocycles. The smallest absolute Gasteiger partial charge is 0.0446 e. The topological polar surface area (TPSA) is 46.2 Å². The van der Waals surface area contributed by atoms with Gasteiger partial charge in [-0.2, -0.15) is 0 Å². The first-order chi connectivity index (χ1) is 7.79. The molecule has 16 heavy (non-hydrogen) atoms. The Morgan fingerprint density at radius 3 is 2.38 bits per heavy atom. The summed E-state index contributed by atoms with van der Waals surface area (Å²) in [7, 11) is 0. The molecule has 1 fully saturated rings. The molecule has 1 aliphatic carbocycles. The Balaban J connectivity index is 2.28. The first kappa shape index (κ1) is 11.6. The fraction of sp³-hybridized carbons (Fsp3) is 0.571. The van der Waals surface area contributed by atoms with Gasteiger partial charge in [-0.1, -0.05) is 43.2 Å². The Morgan fingerprint density at radius 2 is 1.81 bits per heavy atom. The molecule has 0 amide bonds. The second-order valence-electron chi connectivity index (χ2n) is 4.85. The van der Waals surface area contributed by atoms with E-state index in [1.54, 1.807) is 0 Å². The molecule has 3 N–H and O–H groups in total. The van der Waals surface area contributed by atoms with Crippen molar-refractivity contribution < 1.29 is 5.11 Å². The molecule has 0 heterocycles. The van der Waals surface area contributed by atoms with Gasteiger partial charge in [0.15, 0.2) is 0 Å². The van der Waals surface area contributed by atoms with Crippen LogP contribution in [0.4, 0.5) is 0 Å². The average Bonchev–Trinajstić information content (AvgIpc) is 2.81. The first-order valence-corrected chi connectivity index (χ1v) is 6.21. The molecule has 1 atom stereocenters. The van der Waals surface area contributed by atoms with Gasteiger partial charge >= 0.3 is 0 Å². The van der Waals surface area contributed by atoms with E-state index in [1.807, 2.05) is 6.07 Å². The first-order valence-electron chi connectivity index (χ1n) is 6.21. The number of hydrogen-bond donors (Lipinski definition) is 2. The molecule has 2 nitrogen and oxygen atoms in total. The third kappa shape index (κ3) is 2.00. The molecule has 0 bridgehead atoms. The van der Waals surface area contributed by atoms with Crippen LogP contribution < -0.4 is 5.73 Å². The van der Waals surface area contributed by atoms with Crippen molar-refractivity contribution in [3.63, 3.8) is 0 Å². The van der Waals surface area contributed by atoms with Gasteiger partial charge in [0, 0.05) is 18.1 Å². The second kappa shape index (κ2) is 4.98. The van der Waals surface area contributed by atoms with Crippen LogP contribution in [-0.4, -0.2) is 17.8 Å². The standard InChI is InChI=1S/C14H21NO/c15-13(8-11-16)14(9-4-5-10-14)12-6-2-1-3-7-12/h1-3,6-7,13,16H,4-5,8-11,15H2. The summed E-state index contributed by atoms with van der Waals surface area (Å²) in [5, 5.41) is 9.08. The maximum absolute atomic E-state index is 9.08. The minimum absolute atomic E-state index is 0.0856. The van der Waals surface area contributed by atoms with E-state index in [2.05, 4.69) is 24.3 Å². The highest BCUT2D eigenvalue weighted by molar-refractivity contribution is 5.29. The molecule has 0 saturated heterocycles. The van der Waals surface area contributed by atoms with Crippen LogP contribution in [0.1, 0.15) is 37.7 Å². The highest BCUT2D eigenvalue weighted by atomic mass is 16.3. The van der Waals surface area contributed by atoms with Crippen LogP contribution in [0.25, 0.3) is 0 Å². The van der Waals surface area contributed by atoms with Crippen molar-refractivity contribution in [1.29, 1.82) is 0 Å². The molecule has 0 radical (unpaired) electrons. The molecular weight excluding hydrogens is 198 g/mol. The van der Waals surface area contributed by atoms with Gasteiger partial charge < -0.3 is 10.8 Å². The fourth-order valence-electron chi connectivity index (χ4n) is 3.06. The summed E-state index contributed by atoms with van der Waals surface area (Å²) in [4.78, 5) is 0. The van der Waals surface area contributed by atoms with E-state index < -0.39 is 0 Å². The van der Waals surface area contributed by atoms with Gasteiger partial charge in [-0.15, -0.1) is 0 Å². The van der Waals surface area contributed by atoms with Crippen LogP contribution in [0, 0.1) is 0 Å². The minimum atomic E-state index is 0.0856. The summed E-state index contributed by atoms with van der Waals surface area (Å²) in [6, 6.07) is 10.7. The van der Waals surface area contributed by atoms with E-state index in [0.29, 0.717) is 6.42 Å². The summed E-state index contributed by atoms with van der Waals surface area (Å²) in [6.45, 7) is 0.190. The summed E-state index contributed by atoms with van der Waals surface area (Å²) >= 11 is 0. The predicted molar refractivity (Wildman–Crippen MR) is 66.3 cm³/mol. The number of nitrogens with two attached hydrogens (primary N) is 1. The van der Waals surface area contributed by atoms with Crippen molar-refractivity contribution >= 4 is 0 Å². The lowest BCUT2D eigenvalue weighted by molar-refractivity contribution is 0.237. The summed E-state index contributed by atoms with van der Waals surface area (Å²) in [5.41, 5.74) is 7.77. The zero-order chi connectivity index (χ0) is 11.4. The molecule has 1 unspecified atom stereocenters. The fourth-order valence-corrected chi connectivity index (χ4v) is 3.06. The Hall–Kier alpha value is -0.860. The van der Waals surface area contributed by atoms with E-state index in [9.17, 15) is 0 Å². The van der Waals surface area contributed by atoms with Gasteiger partial charge in [-0.3, -0.25) is 0 Å². The summed E-state index contributed by atoms with van der Waals surface area (Å²) in [5.74, 6) is 0. The highest BCUT2D eigenvalue weighted by Gasteiger charge is 2.40. The molecule has 1 aliphatic rings. The lowest BCUT2D eigenvalue weighted by Crippen LogP contribution is -2.44. The third-order valence-electron chi connectivity index (χ3n) is 3.99. The monoisotopic (exact) mass is 219 g/mol. The van der Waals surface area contributed by atoms with Crippen LogP contribution in [-0.2, 0) is 5.41 Å². The molecule has 1 aromatic rings. The van der Waals surface area contributed by atoms with Gasteiger partial charge in [0.05, 0.1) is 0 Å². The number of benzene rings is 1. The number of rotatable bonds is 4. The summed E-state index contributed by atoms with van der Waals surface area (Å²) in [6.07, 6.45) is 5.55. The summed E-state index contributed by atoms with van der Waals surface area (Å²) < 4.78 is 0. The molecule has 2 heteroatoms. The lowest BCUT2D eigenvalue weighted by atomic mass is 9.72. The van der Waals surface area contributed by atoms with Crippen molar-refractivity contribution in [2.24, 2.45) is 5.73 Å². The Labute approximate surface area is 97.5 Å². The highest BCUT2D eigenvalue weighted by Crippen LogP contribution is 2.43. The van der Waals surface area contributed by atoms with Crippen LogP contribution >= 0.6 is 0 Å². The molecule has 0 aliphatic heterocycles. The van der Waals surface area contributed by atoms with Crippen molar-refractivity contribution in [2.75, 3.05) is 6.61 Å². The average molecular weight is 219 g/mol. The van der Waals surface area contributed by atoms with Gasteiger partial charge in [0.2, 0.25) is 0 Å². The van der Waals surface area contributed by atoms with Crippen molar-refractivity contribution in [3.8, 4) is 0 Å². The SMILES string of the molecule is NC(CCO)C1(c2ccccc2)CCCC1. The Kier molecular flexibility index (Phi) is 3.62. The van der Waals surface area contributed by atoms with Crippen molar-refractivity contribution in [1.82, 2.24) is 0 Å². The van der Waals surface area contributed by atoms with Gasteiger partial charge in [0.1, 0.15) is 0 Å². The Morgan fingerprint density at radius 1 is 1.19 bits per heavy atom. The van der Waals surface area contributed by atoms with Crippen molar-refractivity contribution in [2.45, 2.75) is 43.6 Å². The van der Waals surface area contributed by atoms with Crippen LogP contribution in [0.3, 0.4) is 0 Å². The van der Waals surface area contributed by atoms with E-state index >= 15 is 0 Å². The molecule has 88 valence electrons. The van der Waals surface area contributed by atoms with Crippen LogP contribution in [0.15, 0.2) is 30.3 Å². The van der Waals surface area contributed by atoms with Gasteiger partial charge in [-0.25, -0.2) is 0 Å². The number of aliphatic hydroxyl groups excluding tert-OH is 1. The third-order valence-corrected chi connectivity index (χ3v) is 3.99. The van der Waals surface area contributed by atoms with Gasteiger partial charge in [0.25, 0.3) is 0 Å². The molecule has 2 rings (SSSR count). The largest absolute Gasteiger partial charge is 0.396 e. The molecular formula is C14H21NO. The molecule has 0 aromatic heterocycles. The normalized spacial score (nSPS) is 20.9. The minimum Gasteiger partial charge on any atom is -0.396 e.